The molecule has 0 amide bonds. The van der Waals surface area contributed by atoms with Gasteiger partial charge in [-0.3, -0.25) is 10.1 Å². The van der Waals surface area contributed by atoms with E-state index in [1.165, 1.54) is 25.0 Å². The molecule has 0 spiro atoms. The molecular formula is C13H19ClN4O2. The zero-order valence-electron chi connectivity index (χ0n) is 11.7. The van der Waals surface area contributed by atoms with Crippen LogP contribution in [0, 0.1) is 10.1 Å². The molecule has 7 heteroatoms. The molecule has 1 saturated carbocycles. The van der Waals surface area contributed by atoms with Gasteiger partial charge < -0.3 is 10.2 Å². The fourth-order valence-electron chi connectivity index (χ4n) is 2.77. The van der Waals surface area contributed by atoms with Gasteiger partial charge in [-0.15, -0.1) is 0 Å². The first kappa shape index (κ1) is 15.0. The van der Waals surface area contributed by atoms with Crippen LogP contribution in [0.15, 0.2) is 12.1 Å². The number of pyridine rings is 1. The van der Waals surface area contributed by atoms with Crippen molar-refractivity contribution < 1.29 is 4.92 Å². The lowest BCUT2D eigenvalue weighted by Gasteiger charge is -2.36. The number of halogens is 1. The van der Waals surface area contributed by atoms with Gasteiger partial charge in [0.15, 0.2) is 0 Å². The fraction of sp³-hybridized carbons (Fsp3) is 0.615. The first-order chi connectivity index (χ1) is 9.44. The Hall–Kier alpha value is -1.40. The number of rotatable bonds is 5. The topological polar surface area (TPSA) is 71.3 Å². The molecule has 0 aromatic carbocycles. The minimum absolute atomic E-state index is 0.0395. The number of hydrogen-bond donors (Lipinski definition) is 1. The minimum Gasteiger partial charge on any atom is -0.362 e. The summed E-state index contributed by atoms with van der Waals surface area (Å²) >= 11 is 5.83. The van der Waals surface area contributed by atoms with Crippen LogP contribution in [0.2, 0.25) is 5.15 Å². The SMILES string of the molecule is CN(C)C1(CNc2nc(Cl)ccc2[N+](=O)[O-])CCCC1. The molecule has 1 fully saturated rings. The summed E-state index contributed by atoms with van der Waals surface area (Å²) in [7, 11) is 4.10. The second-order valence-electron chi connectivity index (χ2n) is 5.44. The molecule has 0 saturated heterocycles. The number of anilines is 1. The molecule has 6 nitrogen and oxygen atoms in total. The number of nitrogens with zero attached hydrogens (tertiary/aromatic N) is 3. The maximum absolute atomic E-state index is 11.0. The van der Waals surface area contributed by atoms with E-state index in [1.807, 2.05) is 14.1 Å². The molecule has 0 radical (unpaired) electrons. The Balaban J connectivity index is 2.17. The predicted molar refractivity (Wildman–Crippen MR) is 79.3 cm³/mol. The second-order valence-corrected chi connectivity index (χ2v) is 5.83. The van der Waals surface area contributed by atoms with Gasteiger partial charge in [0.2, 0.25) is 5.82 Å². The zero-order chi connectivity index (χ0) is 14.8. The quantitative estimate of drug-likeness (QED) is 0.514. The summed E-state index contributed by atoms with van der Waals surface area (Å²) in [5.41, 5.74) is -0.000910. The summed E-state index contributed by atoms with van der Waals surface area (Å²) < 4.78 is 0. The average Bonchev–Trinajstić information content (AvgIpc) is 2.86. The van der Waals surface area contributed by atoms with Crippen molar-refractivity contribution in [2.75, 3.05) is 26.0 Å². The van der Waals surface area contributed by atoms with Crippen molar-refractivity contribution in [2.24, 2.45) is 0 Å². The van der Waals surface area contributed by atoms with E-state index >= 15 is 0 Å². The Kier molecular flexibility index (Phi) is 4.45. The fourth-order valence-corrected chi connectivity index (χ4v) is 2.92. The molecule has 2 rings (SSSR count). The molecule has 1 aromatic rings. The lowest BCUT2D eigenvalue weighted by Crippen LogP contribution is -2.47. The molecule has 0 atom stereocenters. The van der Waals surface area contributed by atoms with E-state index in [2.05, 4.69) is 15.2 Å². The van der Waals surface area contributed by atoms with Crippen LogP contribution in [-0.2, 0) is 0 Å². The van der Waals surface area contributed by atoms with Gasteiger partial charge >= 0.3 is 5.69 Å². The number of likely N-dealkylation sites (N-methyl/N-ethyl adjacent to an activating group) is 1. The molecule has 20 heavy (non-hydrogen) atoms. The number of aromatic nitrogens is 1. The van der Waals surface area contributed by atoms with Crippen LogP contribution in [0.3, 0.4) is 0 Å². The van der Waals surface area contributed by atoms with Gasteiger partial charge in [-0.2, -0.15) is 0 Å². The monoisotopic (exact) mass is 298 g/mol. The molecular weight excluding hydrogens is 280 g/mol. The summed E-state index contributed by atoms with van der Waals surface area (Å²) in [4.78, 5) is 16.8. The van der Waals surface area contributed by atoms with Crippen LogP contribution in [0.1, 0.15) is 25.7 Å². The van der Waals surface area contributed by atoms with E-state index in [0.717, 1.165) is 12.8 Å². The van der Waals surface area contributed by atoms with Gasteiger partial charge in [-0.1, -0.05) is 24.4 Å². The Morgan fingerprint density at radius 1 is 1.45 bits per heavy atom. The van der Waals surface area contributed by atoms with E-state index in [-0.39, 0.29) is 22.2 Å². The van der Waals surface area contributed by atoms with Crippen molar-refractivity contribution in [1.29, 1.82) is 0 Å². The summed E-state index contributed by atoms with van der Waals surface area (Å²) in [5, 5.41) is 14.4. The van der Waals surface area contributed by atoms with Crippen molar-refractivity contribution in [1.82, 2.24) is 9.88 Å². The lowest BCUT2D eigenvalue weighted by atomic mass is 9.96. The molecule has 1 heterocycles. The van der Waals surface area contributed by atoms with Gasteiger partial charge in [0, 0.05) is 18.2 Å². The zero-order valence-corrected chi connectivity index (χ0v) is 12.5. The molecule has 0 unspecified atom stereocenters. The van der Waals surface area contributed by atoms with E-state index in [9.17, 15) is 10.1 Å². The van der Waals surface area contributed by atoms with Crippen LogP contribution in [0.25, 0.3) is 0 Å². The molecule has 0 bridgehead atoms. The maximum atomic E-state index is 11.0. The number of hydrogen-bond acceptors (Lipinski definition) is 5. The summed E-state index contributed by atoms with van der Waals surface area (Å²) in [6.07, 6.45) is 4.54. The highest BCUT2D eigenvalue weighted by atomic mass is 35.5. The van der Waals surface area contributed by atoms with Gasteiger partial charge in [0.05, 0.1) is 4.92 Å². The average molecular weight is 299 g/mol. The highest BCUT2D eigenvalue weighted by Gasteiger charge is 2.36. The Morgan fingerprint density at radius 2 is 2.10 bits per heavy atom. The third-order valence-electron chi connectivity index (χ3n) is 4.10. The highest BCUT2D eigenvalue weighted by molar-refractivity contribution is 6.29. The van der Waals surface area contributed by atoms with Crippen molar-refractivity contribution >= 4 is 23.1 Å². The Labute approximate surface area is 123 Å². The van der Waals surface area contributed by atoms with Gasteiger partial charge in [0.25, 0.3) is 0 Å². The van der Waals surface area contributed by atoms with Crippen molar-refractivity contribution in [3.63, 3.8) is 0 Å². The Morgan fingerprint density at radius 3 is 2.65 bits per heavy atom. The third kappa shape index (κ3) is 3.02. The summed E-state index contributed by atoms with van der Waals surface area (Å²) in [6, 6.07) is 2.82. The van der Waals surface area contributed by atoms with E-state index in [4.69, 9.17) is 11.6 Å². The van der Waals surface area contributed by atoms with Crippen LogP contribution < -0.4 is 5.32 Å². The van der Waals surface area contributed by atoms with Crippen molar-refractivity contribution in [3.05, 3.63) is 27.4 Å². The van der Waals surface area contributed by atoms with Crippen LogP contribution >= 0.6 is 11.6 Å². The van der Waals surface area contributed by atoms with E-state index in [0.29, 0.717) is 6.54 Å². The highest BCUT2D eigenvalue weighted by Crippen LogP contribution is 2.34. The van der Waals surface area contributed by atoms with Gasteiger partial charge in [-0.25, -0.2) is 4.98 Å². The molecule has 110 valence electrons. The first-order valence-electron chi connectivity index (χ1n) is 6.67. The molecule has 0 aliphatic heterocycles. The normalized spacial score (nSPS) is 17.4. The molecule has 1 aliphatic rings. The lowest BCUT2D eigenvalue weighted by molar-refractivity contribution is -0.384. The largest absolute Gasteiger partial charge is 0.362 e. The van der Waals surface area contributed by atoms with Gasteiger partial charge in [-0.05, 0) is 33.0 Å². The van der Waals surface area contributed by atoms with Crippen molar-refractivity contribution in [3.8, 4) is 0 Å². The minimum atomic E-state index is -0.442. The maximum Gasteiger partial charge on any atom is 0.311 e. The van der Waals surface area contributed by atoms with Crippen LogP contribution in [-0.4, -0.2) is 41.0 Å². The second kappa shape index (κ2) is 5.93. The molecule has 1 aliphatic carbocycles. The molecule has 1 N–H and O–H groups in total. The Bertz CT molecular complexity index is 501. The van der Waals surface area contributed by atoms with Crippen molar-refractivity contribution in [2.45, 2.75) is 31.2 Å². The summed E-state index contributed by atoms with van der Waals surface area (Å²) in [5.74, 6) is 0.246. The molecule has 1 aromatic heterocycles. The predicted octanol–water partition coefficient (Wildman–Crippen LogP) is 2.93. The third-order valence-corrected chi connectivity index (χ3v) is 4.32. The smallest absolute Gasteiger partial charge is 0.311 e. The first-order valence-corrected chi connectivity index (χ1v) is 7.05. The van der Waals surface area contributed by atoms with E-state index in [1.54, 1.807) is 0 Å². The van der Waals surface area contributed by atoms with Gasteiger partial charge in [0.1, 0.15) is 5.15 Å². The van der Waals surface area contributed by atoms with E-state index < -0.39 is 4.92 Å². The van der Waals surface area contributed by atoms with Crippen LogP contribution in [0.4, 0.5) is 11.5 Å². The number of nitro groups is 1. The summed E-state index contributed by atoms with van der Waals surface area (Å²) in [6.45, 7) is 0.633. The van der Waals surface area contributed by atoms with Crippen LogP contribution in [0.5, 0.6) is 0 Å². The standard InChI is InChI=1S/C13H19ClN4O2/c1-17(2)13(7-3-4-8-13)9-15-12-10(18(19)20)5-6-11(14)16-12/h5-6H,3-4,7-9H2,1-2H3,(H,15,16). The number of nitrogens with one attached hydrogen (secondary N) is 1.